The highest BCUT2D eigenvalue weighted by Crippen LogP contribution is 2.34. The van der Waals surface area contributed by atoms with Crippen molar-refractivity contribution < 1.29 is 8.81 Å². The lowest BCUT2D eigenvalue weighted by molar-refractivity contribution is 0.580. The number of aromatic nitrogens is 1. The van der Waals surface area contributed by atoms with Crippen molar-refractivity contribution in [3.63, 3.8) is 0 Å². The van der Waals surface area contributed by atoms with Gasteiger partial charge in [0.2, 0.25) is 0 Å². The van der Waals surface area contributed by atoms with Gasteiger partial charge in [0.05, 0.1) is 6.26 Å². The molecule has 0 aliphatic heterocycles. The summed E-state index contributed by atoms with van der Waals surface area (Å²) in [5.74, 6) is 0.935. The van der Waals surface area contributed by atoms with Gasteiger partial charge in [-0.2, -0.15) is 0 Å². The molecular formula is C23H20FN3O. The number of anilines is 1. The van der Waals surface area contributed by atoms with Crippen molar-refractivity contribution >= 4 is 5.82 Å². The van der Waals surface area contributed by atoms with Crippen molar-refractivity contribution in [3.05, 3.63) is 96.0 Å². The standard InChI is InChI=1S/C23H20FN3O/c24-20-10-5-4-9-17(20)18-13-21(22-11-6-12-28-22)27-23(19(18)14-25)26-15-16-7-2-1-3-8-16/h1-13H,14-15,25H2,(H,26,27). The zero-order valence-corrected chi connectivity index (χ0v) is 15.2. The molecule has 2 heterocycles. The molecular weight excluding hydrogens is 353 g/mol. The maximum atomic E-state index is 14.5. The third-order valence-electron chi connectivity index (χ3n) is 4.57. The van der Waals surface area contributed by atoms with Gasteiger partial charge in [-0.25, -0.2) is 9.37 Å². The molecule has 4 aromatic rings. The third kappa shape index (κ3) is 3.66. The lowest BCUT2D eigenvalue weighted by Crippen LogP contribution is -2.10. The molecule has 0 amide bonds. The minimum absolute atomic E-state index is 0.228. The summed E-state index contributed by atoms with van der Waals surface area (Å²) in [4.78, 5) is 4.71. The summed E-state index contributed by atoms with van der Waals surface area (Å²) in [6.07, 6.45) is 1.59. The highest BCUT2D eigenvalue weighted by Gasteiger charge is 2.17. The molecule has 2 aromatic heterocycles. The van der Waals surface area contributed by atoms with Crippen LogP contribution in [-0.4, -0.2) is 4.98 Å². The fourth-order valence-corrected chi connectivity index (χ4v) is 3.18. The molecule has 0 atom stereocenters. The molecule has 0 radical (unpaired) electrons. The number of rotatable bonds is 6. The molecule has 0 aliphatic carbocycles. The van der Waals surface area contributed by atoms with Crippen LogP contribution in [0.15, 0.2) is 83.5 Å². The smallest absolute Gasteiger partial charge is 0.152 e. The van der Waals surface area contributed by atoms with Crippen molar-refractivity contribution in [1.29, 1.82) is 0 Å². The van der Waals surface area contributed by atoms with Crippen LogP contribution in [0.2, 0.25) is 0 Å². The number of nitrogens with two attached hydrogens (primary N) is 1. The van der Waals surface area contributed by atoms with Gasteiger partial charge in [-0.1, -0.05) is 48.5 Å². The van der Waals surface area contributed by atoms with E-state index in [-0.39, 0.29) is 12.4 Å². The lowest BCUT2D eigenvalue weighted by atomic mass is 9.98. The number of halogens is 1. The average molecular weight is 373 g/mol. The van der Waals surface area contributed by atoms with Gasteiger partial charge >= 0.3 is 0 Å². The highest BCUT2D eigenvalue weighted by molar-refractivity contribution is 5.77. The Kier molecular flexibility index (Phi) is 5.17. The van der Waals surface area contributed by atoms with Gasteiger partial charge in [0.1, 0.15) is 17.3 Å². The first-order chi connectivity index (χ1) is 13.8. The van der Waals surface area contributed by atoms with Crippen molar-refractivity contribution in [2.45, 2.75) is 13.1 Å². The molecule has 5 heteroatoms. The molecule has 0 bridgehead atoms. The van der Waals surface area contributed by atoms with Gasteiger partial charge in [0.15, 0.2) is 5.76 Å². The molecule has 4 rings (SSSR count). The maximum absolute atomic E-state index is 14.5. The van der Waals surface area contributed by atoms with E-state index in [2.05, 4.69) is 5.32 Å². The fourth-order valence-electron chi connectivity index (χ4n) is 3.18. The Morgan fingerprint density at radius 1 is 0.929 bits per heavy atom. The Morgan fingerprint density at radius 3 is 2.43 bits per heavy atom. The van der Waals surface area contributed by atoms with E-state index in [4.69, 9.17) is 15.1 Å². The van der Waals surface area contributed by atoms with Crippen LogP contribution in [0.25, 0.3) is 22.6 Å². The van der Waals surface area contributed by atoms with Crippen LogP contribution in [0, 0.1) is 5.82 Å². The number of hydrogen-bond acceptors (Lipinski definition) is 4. The van der Waals surface area contributed by atoms with Crippen molar-refractivity contribution in [2.75, 3.05) is 5.32 Å². The van der Waals surface area contributed by atoms with Gasteiger partial charge in [0, 0.05) is 24.2 Å². The summed E-state index contributed by atoms with van der Waals surface area (Å²) < 4.78 is 20.1. The van der Waals surface area contributed by atoms with Crippen LogP contribution in [0.1, 0.15) is 11.1 Å². The number of furan rings is 1. The number of pyridine rings is 1. The predicted octanol–water partition coefficient (Wildman–Crippen LogP) is 5.22. The Labute approximate surface area is 162 Å². The third-order valence-corrected chi connectivity index (χ3v) is 4.57. The SMILES string of the molecule is NCc1c(-c2ccccc2F)cc(-c2ccco2)nc1NCc1ccccc1. The summed E-state index contributed by atoms with van der Waals surface area (Å²) >= 11 is 0. The maximum Gasteiger partial charge on any atom is 0.152 e. The predicted molar refractivity (Wildman–Crippen MR) is 109 cm³/mol. The minimum atomic E-state index is -0.303. The lowest BCUT2D eigenvalue weighted by Gasteiger charge is -2.17. The highest BCUT2D eigenvalue weighted by atomic mass is 19.1. The molecule has 0 saturated heterocycles. The van der Waals surface area contributed by atoms with E-state index in [1.807, 2.05) is 48.5 Å². The summed E-state index contributed by atoms with van der Waals surface area (Å²) in [6.45, 7) is 0.811. The Hall–Kier alpha value is -3.44. The normalized spacial score (nSPS) is 10.8. The number of hydrogen-bond donors (Lipinski definition) is 2. The van der Waals surface area contributed by atoms with Gasteiger partial charge in [-0.05, 0) is 35.4 Å². The van der Waals surface area contributed by atoms with E-state index in [0.29, 0.717) is 34.9 Å². The van der Waals surface area contributed by atoms with Crippen LogP contribution < -0.4 is 11.1 Å². The molecule has 0 fully saturated rings. The molecule has 28 heavy (non-hydrogen) atoms. The molecule has 0 aliphatic rings. The Balaban J connectivity index is 1.82. The second-order valence-corrected chi connectivity index (χ2v) is 6.38. The average Bonchev–Trinajstić information content (AvgIpc) is 3.27. The van der Waals surface area contributed by atoms with Crippen LogP contribution >= 0.6 is 0 Å². The van der Waals surface area contributed by atoms with Crippen molar-refractivity contribution in [1.82, 2.24) is 4.98 Å². The second kappa shape index (κ2) is 8.06. The van der Waals surface area contributed by atoms with E-state index in [0.717, 1.165) is 11.1 Å². The quantitative estimate of drug-likeness (QED) is 0.486. The molecule has 4 nitrogen and oxygen atoms in total. The largest absolute Gasteiger partial charge is 0.463 e. The first kappa shape index (κ1) is 17.9. The first-order valence-electron chi connectivity index (χ1n) is 9.07. The van der Waals surface area contributed by atoms with Crippen LogP contribution in [0.3, 0.4) is 0 Å². The van der Waals surface area contributed by atoms with E-state index in [1.54, 1.807) is 24.5 Å². The van der Waals surface area contributed by atoms with Crippen LogP contribution in [0.4, 0.5) is 10.2 Å². The topological polar surface area (TPSA) is 64.1 Å². The first-order valence-corrected chi connectivity index (χ1v) is 9.07. The van der Waals surface area contributed by atoms with E-state index >= 15 is 0 Å². The van der Waals surface area contributed by atoms with Crippen molar-refractivity contribution in [3.8, 4) is 22.6 Å². The molecule has 0 unspecified atom stereocenters. The Morgan fingerprint density at radius 2 is 1.71 bits per heavy atom. The van der Waals surface area contributed by atoms with Gasteiger partial charge in [0.25, 0.3) is 0 Å². The second-order valence-electron chi connectivity index (χ2n) is 6.38. The summed E-state index contributed by atoms with van der Waals surface area (Å²) in [5, 5.41) is 3.36. The van der Waals surface area contributed by atoms with Crippen LogP contribution in [0.5, 0.6) is 0 Å². The summed E-state index contributed by atoms with van der Waals surface area (Å²) in [7, 11) is 0. The minimum Gasteiger partial charge on any atom is -0.463 e. The van der Waals surface area contributed by atoms with Gasteiger partial charge < -0.3 is 15.5 Å². The summed E-state index contributed by atoms with van der Waals surface area (Å²) in [6, 6.07) is 22.1. The van der Waals surface area contributed by atoms with E-state index < -0.39 is 0 Å². The summed E-state index contributed by atoms with van der Waals surface area (Å²) in [5.41, 5.74) is 9.74. The number of benzene rings is 2. The zero-order chi connectivity index (χ0) is 19.3. The molecule has 3 N–H and O–H groups in total. The number of nitrogens with one attached hydrogen (secondary N) is 1. The fraction of sp³-hybridized carbons (Fsp3) is 0.0870. The van der Waals surface area contributed by atoms with E-state index in [1.165, 1.54) is 6.07 Å². The van der Waals surface area contributed by atoms with Crippen molar-refractivity contribution in [2.24, 2.45) is 5.73 Å². The molecule has 0 saturated carbocycles. The molecule has 140 valence electrons. The van der Waals surface area contributed by atoms with Gasteiger partial charge in [-0.3, -0.25) is 0 Å². The van der Waals surface area contributed by atoms with Gasteiger partial charge in [-0.15, -0.1) is 0 Å². The Bertz CT molecular complexity index is 1060. The number of nitrogens with zero attached hydrogens (tertiary/aromatic N) is 1. The monoisotopic (exact) mass is 373 g/mol. The van der Waals surface area contributed by atoms with Crippen LogP contribution in [-0.2, 0) is 13.1 Å². The van der Waals surface area contributed by atoms with E-state index in [9.17, 15) is 4.39 Å². The molecule has 2 aromatic carbocycles. The molecule has 0 spiro atoms. The zero-order valence-electron chi connectivity index (χ0n) is 15.2.